The van der Waals surface area contributed by atoms with E-state index in [9.17, 15) is 9.36 Å². The summed E-state index contributed by atoms with van der Waals surface area (Å²) in [6.45, 7) is 0.320. The lowest BCUT2D eigenvalue weighted by Crippen LogP contribution is -2.15. The van der Waals surface area contributed by atoms with Crippen LogP contribution >= 0.6 is 18.1 Å². The highest BCUT2D eigenvalue weighted by atomic mass is 32.7. The van der Waals surface area contributed by atoms with Crippen LogP contribution in [-0.4, -0.2) is 16.3 Å². The van der Waals surface area contributed by atoms with Crippen molar-refractivity contribution in [3.63, 3.8) is 0 Å². The highest BCUT2D eigenvalue weighted by Gasteiger charge is 2.25. The number of nitrogens with one attached hydrogen (secondary N) is 1. The molecule has 1 amide bonds. The zero-order chi connectivity index (χ0) is 13.6. The first-order valence-corrected chi connectivity index (χ1v) is 8.59. The van der Waals surface area contributed by atoms with E-state index in [-0.39, 0.29) is 5.25 Å². The van der Waals surface area contributed by atoms with Crippen LogP contribution in [0.3, 0.4) is 0 Å². The third-order valence-corrected chi connectivity index (χ3v) is 5.60. The number of aromatic nitrogens is 1. The van der Waals surface area contributed by atoms with Crippen LogP contribution in [0.2, 0.25) is 0 Å². The number of hydrogen-bond donors (Lipinski definition) is 2. The molecule has 2 atom stereocenters. The Kier molecular flexibility index (Phi) is 5.65. The van der Waals surface area contributed by atoms with Gasteiger partial charge in [-0.15, -0.1) is 0 Å². The molecule has 2 unspecified atom stereocenters. The molecule has 0 saturated carbocycles. The predicted molar refractivity (Wildman–Crippen MR) is 73.5 cm³/mol. The molecule has 0 aliphatic heterocycles. The van der Waals surface area contributed by atoms with Gasteiger partial charge >= 0.3 is 12.8 Å². The van der Waals surface area contributed by atoms with E-state index in [1.807, 2.05) is 13.8 Å². The maximum atomic E-state index is 11.8. The van der Waals surface area contributed by atoms with Crippen LogP contribution in [0.5, 0.6) is 0 Å². The van der Waals surface area contributed by atoms with Gasteiger partial charge in [-0.25, -0.2) is 19.8 Å². The fourth-order valence-electron chi connectivity index (χ4n) is 1.03. The minimum atomic E-state index is -3.48. The molecule has 0 aromatic carbocycles. The largest absolute Gasteiger partial charge is 0.419 e. The summed E-state index contributed by atoms with van der Waals surface area (Å²) in [5, 5.41) is 2.41. The highest BCUT2D eigenvalue weighted by molar-refractivity contribution is 8.56. The Bertz CT molecular complexity index is 443. The van der Waals surface area contributed by atoms with Gasteiger partial charge in [0.15, 0.2) is 0 Å². The van der Waals surface area contributed by atoms with Gasteiger partial charge in [0, 0.05) is 11.4 Å². The molecule has 1 rings (SSSR count). The van der Waals surface area contributed by atoms with Gasteiger partial charge in [0.05, 0.1) is 0 Å². The molecule has 0 saturated heterocycles. The lowest BCUT2D eigenvalue weighted by Gasteiger charge is -2.15. The summed E-state index contributed by atoms with van der Waals surface area (Å²) in [5.41, 5.74) is 5.46. The van der Waals surface area contributed by atoms with E-state index in [2.05, 4.69) is 10.3 Å². The summed E-state index contributed by atoms with van der Waals surface area (Å²) in [7, 11) is 0. The van der Waals surface area contributed by atoms with Crippen molar-refractivity contribution in [1.82, 2.24) is 4.98 Å². The number of carbonyl (C=O) groups is 1. The number of rotatable bonds is 5. The number of nitrogens with two attached hydrogens (primary N) is 1. The van der Waals surface area contributed by atoms with E-state index in [0.717, 1.165) is 17.8 Å². The molecule has 1 heterocycles. The fraction of sp³-hybridized carbons (Fsp3) is 0.400. The van der Waals surface area contributed by atoms with Crippen molar-refractivity contribution in [1.29, 1.82) is 0 Å². The van der Waals surface area contributed by atoms with Gasteiger partial charge in [0.1, 0.15) is 5.82 Å². The second-order valence-corrected chi connectivity index (χ2v) is 8.02. The first-order chi connectivity index (χ1) is 8.43. The normalized spacial score (nSPS) is 15.5. The van der Waals surface area contributed by atoms with Crippen LogP contribution in [0.1, 0.15) is 20.3 Å². The van der Waals surface area contributed by atoms with E-state index in [4.69, 9.17) is 10.0 Å². The molecule has 0 fully saturated rings. The second-order valence-electron chi connectivity index (χ2n) is 3.58. The van der Waals surface area contributed by atoms with Crippen LogP contribution in [0.4, 0.5) is 10.6 Å². The summed E-state index contributed by atoms with van der Waals surface area (Å²) in [4.78, 5) is 15.3. The van der Waals surface area contributed by atoms with E-state index in [1.54, 1.807) is 18.2 Å². The Morgan fingerprint density at radius 1 is 1.67 bits per heavy atom. The number of anilines is 1. The molecule has 100 valence electrons. The molecule has 0 bridgehead atoms. The lowest BCUT2D eigenvalue weighted by molar-refractivity contribution is 0.217. The molecule has 0 spiro atoms. The van der Waals surface area contributed by atoms with Gasteiger partial charge in [0.25, 0.3) is 0 Å². The summed E-state index contributed by atoms with van der Waals surface area (Å²) in [5.74, 6) is 0.316. The minimum absolute atomic E-state index is 0.0588. The first kappa shape index (κ1) is 15.0. The fourth-order valence-corrected chi connectivity index (χ4v) is 4.28. The van der Waals surface area contributed by atoms with Gasteiger partial charge < -0.3 is 4.52 Å². The van der Waals surface area contributed by atoms with Crippen molar-refractivity contribution in [2.75, 3.05) is 5.32 Å². The van der Waals surface area contributed by atoms with Crippen LogP contribution in [0.25, 0.3) is 0 Å². The van der Waals surface area contributed by atoms with Crippen molar-refractivity contribution in [3.05, 3.63) is 24.4 Å². The van der Waals surface area contributed by atoms with Gasteiger partial charge in [0.2, 0.25) is 0 Å². The number of nitrogens with zero attached hydrogens (tertiary/aromatic N) is 1. The molecular weight excluding hydrogens is 273 g/mol. The Morgan fingerprint density at radius 2 is 2.39 bits per heavy atom. The molecule has 8 heteroatoms. The average molecular weight is 289 g/mol. The molecule has 6 nitrogen and oxygen atoms in total. The SMILES string of the molecule is CCC(C)SP(N)(=O)OC(=O)Nc1ccccn1. The predicted octanol–water partition coefficient (Wildman–Crippen LogP) is 3.23. The minimum Gasteiger partial charge on any atom is -0.376 e. The van der Waals surface area contributed by atoms with Crippen molar-refractivity contribution < 1.29 is 13.9 Å². The first-order valence-electron chi connectivity index (χ1n) is 5.41. The summed E-state index contributed by atoms with van der Waals surface area (Å²) in [6.07, 6.45) is 1.44. The van der Waals surface area contributed by atoms with E-state index >= 15 is 0 Å². The standard InChI is InChI=1S/C10H16N3O3PS/c1-3-8(2)18-17(11,15)16-10(14)13-9-6-4-5-7-12-9/h4-8H,3H2,1-2H3,(H2,11,15)(H,12,13,14). The number of amides is 1. The molecule has 0 aliphatic rings. The maximum Gasteiger partial charge on any atom is 0.419 e. The van der Waals surface area contributed by atoms with Gasteiger partial charge in [-0.1, -0.05) is 19.9 Å². The van der Waals surface area contributed by atoms with E-state index < -0.39 is 12.8 Å². The van der Waals surface area contributed by atoms with Crippen LogP contribution in [0.15, 0.2) is 24.4 Å². The molecule has 18 heavy (non-hydrogen) atoms. The third-order valence-electron chi connectivity index (χ3n) is 2.01. The second kappa shape index (κ2) is 6.78. The Hall–Kier alpha value is -1.04. The molecule has 1 aromatic rings. The summed E-state index contributed by atoms with van der Waals surface area (Å²) >= 11 is 0.971. The summed E-state index contributed by atoms with van der Waals surface area (Å²) < 4.78 is 16.5. The molecule has 0 radical (unpaired) electrons. The Morgan fingerprint density at radius 3 is 2.94 bits per heavy atom. The third kappa shape index (κ3) is 5.53. The topological polar surface area (TPSA) is 94.3 Å². The van der Waals surface area contributed by atoms with Gasteiger partial charge in [-0.2, -0.15) is 0 Å². The Labute approximate surface area is 110 Å². The quantitative estimate of drug-likeness (QED) is 0.808. The van der Waals surface area contributed by atoms with Crippen molar-refractivity contribution in [2.45, 2.75) is 25.5 Å². The molecule has 3 N–H and O–H groups in total. The zero-order valence-corrected chi connectivity index (χ0v) is 11.9. The smallest absolute Gasteiger partial charge is 0.376 e. The van der Waals surface area contributed by atoms with Crippen molar-refractivity contribution >= 4 is 30.0 Å². The van der Waals surface area contributed by atoms with E-state index in [0.29, 0.717) is 5.82 Å². The average Bonchev–Trinajstić information content (AvgIpc) is 2.28. The lowest BCUT2D eigenvalue weighted by atomic mass is 10.4. The maximum absolute atomic E-state index is 11.8. The highest BCUT2D eigenvalue weighted by Crippen LogP contribution is 2.55. The van der Waals surface area contributed by atoms with Crippen LogP contribution in [-0.2, 0) is 9.09 Å². The van der Waals surface area contributed by atoms with Crippen molar-refractivity contribution in [3.8, 4) is 0 Å². The monoisotopic (exact) mass is 289 g/mol. The molecule has 0 aliphatic carbocycles. The van der Waals surface area contributed by atoms with Crippen LogP contribution in [0, 0.1) is 0 Å². The summed E-state index contributed by atoms with van der Waals surface area (Å²) in [6, 6.07) is 5.01. The molecule has 1 aromatic heterocycles. The van der Waals surface area contributed by atoms with E-state index in [1.165, 1.54) is 6.20 Å². The Balaban J connectivity index is 2.52. The van der Waals surface area contributed by atoms with Gasteiger partial charge in [-0.3, -0.25) is 5.32 Å². The number of pyridine rings is 1. The zero-order valence-electron chi connectivity index (χ0n) is 10.2. The number of carbonyl (C=O) groups excluding carboxylic acids is 1. The van der Waals surface area contributed by atoms with Crippen LogP contribution < -0.4 is 10.8 Å². The molecular formula is C10H16N3O3PS. The number of hydrogen-bond acceptors (Lipinski definition) is 5. The van der Waals surface area contributed by atoms with Crippen molar-refractivity contribution in [2.24, 2.45) is 5.50 Å². The van der Waals surface area contributed by atoms with Gasteiger partial charge in [-0.05, 0) is 29.9 Å².